The van der Waals surface area contributed by atoms with Crippen LogP contribution in [0.4, 0.5) is 0 Å². The van der Waals surface area contributed by atoms with E-state index >= 15 is 0 Å². The van der Waals surface area contributed by atoms with Gasteiger partial charge in [0, 0.05) is 7.11 Å². The van der Waals surface area contributed by atoms with Crippen LogP contribution in [0.2, 0.25) is 0 Å². The molecule has 19 heavy (non-hydrogen) atoms. The summed E-state index contributed by atoms with van der Waals surface area (Å²) in [6.07, 6.45) is 4.86. The molecule has 1 aliphatic rings. The lowest BCUT2D eigenvalue weighted by Crippen LogP contribution is -2.41. The van der Waals surface area contributed by atoms with Gasteiger partial charge in [0.05, 0.1) is 5.54 Å². The van der Waals surface area contributed by atoms with Gasteiger partial charge in [-0.05, 0) is 44.9 Å². The largest absolute Gasteiger partial charge is 0.369 e. The Bertz CT molecular complexity index is 418. The van der Waals surface area contributed by atoms with Crippen LogP contribution >= 0.6 is 0 Å². The number of methoxy groups -OCH3 is 1. The second-order valence-electron chi connectivity index (χ2n) is 6.05. The molecule has 1 aromatic heterocycles. The van der Waals surface area contributed by atoms with Crippen LogP contribution in [0, 0.1) is 5.92 Å². The monoisotopic (exact) mass is 267 g/mol. The Morgan fingerprint density at radius 2 is 2.11 bits per heavy atom. The van der Waals surface area contributed by atoms with E-state index in [2.05, 4.69) is 17.1 Å². The van der Waals surface area contributed by atoms with E-state index in [-0.39, 0.29) is 0 Å². The minimum Gasteiger partial charge on any atom is -0.369 e. The topological polar surface area (TPSA) is 74.2 Å². The van der Waals surface area contributed by atoms with E-state index in [0.717, 1.165) is 38.0 Å². The molecule has 0 amide bonds. The number of aromatic nitrogens is 2. The van der Waals surface area contributed by atoms with Gasteiger partial charge in [0.25, 0.3) is 5.89 Å². The van der Waals surface area contributed by atoms with Gasteiger partial charge < -0.3 is 15.0 Å². The predicted molar refractivity (Wildman–Crippen MR) is 72.4 cm³/mol. The Labute approximate surface area is 114 Å². The van der Waals surface area contributed by atoms with Crippen molar-refractivity contribution in [3.05, 3.63) is 11.7 Å². The molecule has 5 nitrogen and oxygen atoms in total. The molecule has 108 valence electrons. The van der Waals surface area contributed by atoms with E-state index in [1.54, 1.807) is 7.11 Å². The first-order valence-corrected chi connectivity index (χ1v) is 7.12. The van der Waals surface area contributed by atoms with Gasteiger partial charge in [0.1, 0.15) is 5.60 Å². The molecule has 1 heterocycles. The third-order valence-electron chi connectivity index (χ3n) is 4.62. The van der Waals surface area contributed by atoms with Crippen molar-refractivity contribution in [3.8, 4) is 0 Å². The average molecular weight is 267 g/mol. The molecule has 0 saturated heterocycles. The lowest BCUT2D eigenvalue weighted by atomic mass is 9.77. The van der Waals surface area contributed by atoms with Crippen LogP contribution in [0.3, 0.4) is 0 Å². The summed E-state index contributed by atoms with van der Waals surface area (Å²) in [7, 11) is 1.66. The molecule has 0 spiro atoms. The Balaban J connectivity index is 2.21. The molecule has 1 saturated carbocycles. The van der Waals surface area contributed by atoms with Crippen molar-refractivity contribution in [1.82, 2.24) is 10.1 Å². The van der Waals surface area contributed by atoms with Gasteiger partial charge >= 0.3 is 0 Å². The first kappa shape index (κ1) is 14.5. The molecule has 0 aromatic carbocycles. The average Bonchev–Trinajstić information content (AvgIpc) is 2.92. The lowest BCUT2D eigenvalue weighted by molar-refractivity contribution is -0.0272. The smallest absolute Gasteiger partial charge is 0.258 e. The molecule has 1 atom stereocenters. The van der Waals surface area contributed by atoms with Gasteiger partial charge in [-0.15, -0.1) is 0 Å². The van der Waals surface area contributed by atoms with Crippen LogP contribution in [-0.2, 0) is 15.9 Å². The maximum absolute atomic E-state index is 6.46. The van der Waals surface area contributed by atoms with Crippen LogP contribution in [0.15, 0.2) is 4.52 Å². The standard InChI is InChI=1S/C14H25N3O2/c1-5-13(3,18-4)12-16-11(17-19-12)14(15)8-6-10(2)7-9-14/h10H,5-9,15H2,1-4H3. The number of nitrogens with zero attached hydrogens (tertiary/aromatic N) is 2. The summed E-state index contributed by atoms with van der Waals surface area (Å²) >= 11 is 0. The summed E-state index contributed by atoms with van der Waals surface area (Å²) < 4.78 is 10.9. The van der Waals surface area contributed by atoms with E-state index in [0.29, 0.717) is 11.7 Å². The van der Waals surface area contributed by atoms with Crippen LogP contribution in [0.5, 0.6) is 0 Å². The van der Waals surface area contributed by atoms with Crippen molar-refractivity contribution in [2.24, 2.45) is 11.7 Å². The van der Waals surface area contributed by atoms with Crippen LogP contribution in [-0.4, -0.2) is 17.3 Å². The number of rotatable bonds is 4. The first-order chi connectivity index (χ1) is 8.93. The molecule has 1 unspecified atom stereocenters. The van der Waals surface area contributed by atoms with E-state index < -0.39 is 11.1 Å². The van der Waals surface area contributed by atoms with E-state index in [1.807, 2.05) is 13.8 Å². The molecule has 1 aliphatic carbocycles. The molecule has 2 rings (SSSR count). The van der Waals surface area contributed by atoms with E-state index in [4.69, 9.17) is 15.0 Å². The number of hydrogen-bond donors (Lipinski definition) is 1. The highest BCUT2D eigenvalue weighted by molar-refractivity contribution is 5.08. The fourth-order valence-electron chi connectivity index (χ4n) is 2.52. The highest BCUT2D eigenvalue weighted by Crippen LogP contribution is 2.37. The fraction of sp³-hybridized carbons (Fsp3) is 0.857. The highest BCUT2D eigenvalue weighted by Gasteiger charge is 2.39. The molecule has 2 N–H and O–H groups in total. The second-order valence-corrected chi connectivity index (χ2v) is 6.05. The molecular weight excluding hydrogens is 242 g/mol. The van der Waals surface area contributed by atoms with Crippen molar-refractivity contribution in [1.29, 1.82) is 0 Å². The number of hydrogen-bond acceptors (Lipinski definition) is 5. The Morgan fingerprint density at radius 1 is 1.47 bits per heavy atom. The Morgan fingerprint density at radius 3 is 2.63 bits per heavy atom. The van der Waals surface area contributed by atoms with Gasteiger partial charge in [0.15, 0.2) is 5.82 Å². The first-order valence-electron chi connectivity index (χ1n) is 7.12. The summed E-state index contributed by atoms with van der Waals surface area (Å²) in [5.74, 6) is 1.89. The molecular formula is C14H25N3O2. The molecule has 0 bridgehead atoms. The summed E-state index contributed by atoms with van der Waals surface area (Å²) in [6.45, 7) is 6.25. The van der Waals surface area contributed by atoms with Crippen molar-refractivity contribution in [2.75, 3.05) is 7.11 Å². The van der Waals surface area contributed by atoms with Crippen LogP contribution < -0.4 is 5.73 Å². The highest BCUT2D eigenvalue weighted by atomic mass is 16.5. The third kappa shape index (κ3) is 2.67. The lowest BCUT2D eigenvalue weighted by Gasteiger charge is -2.33. The Hall–Kier alpha value is -0.940. The number of nitrogens with two attached hydrogens (primary N) is 1. The second kappa shape index (κ2) is 5.21. The maximum Gasteiger partial charge on any atom is 0.258 e. The van der Waals surface area contributed by atoms with Crippen molar-refractivity contribution in [3.63, 3.8) is 0 Å². The molecule has 1 aromatic rings. The van der Waals surface area contributed by atoms with Crippen LogP contribution in [0.1, 0.15) is 64.6 Å². The Kier molecular flexibility index (Phi) is 3.97. The third-order valence-corrected chi connectivity index (χ3v) is 4.62. The summed E-state index contributed by atoms with van der Waals surface area (Å²) in [6, 6.07) is 0. The predicted octanol–water partition coefficient (Wildman–Crippen LogP) is 2.71. The summed E-state index contributed by atoms with van der Waals surface area (Å²) in [4.78, 5) is 4.52. The quantitative estimate of drug-likeness (QED) is 0.907. The number of ether oxygens (including phenoxy) is 1. The minimum absolute atomic E-state index is 0.434. The van der Waals surface area contributed by atoms with Gasteiger partial charge in [-0.3, -0.25) is 0 Å². The zero-order chi connectivity index (χ0) is 14.1. The molecule has 1 fully saturated rings. The van der Waals surface area contributed by atoms with E-state index in [9.17, 15) is 0 Å². The summed E-state index contributed by atoms with van der Waals surface area (Å²) in [5, 5.41) is 4.11. The molecule has 0 aliphatic heterocycles. The minimum atomic E-state index is -0.524. The van der Waals surface area contributed by atoms with Crippen LogP contribution in [0.25, 0.3) is 0 Å². The molecule has 5 heteroatoms. The van der Waals surface area contributed by atoms with Gasteiger partial charge in [-0.25, -0.2) is 0 Å². The van der Waals surface area contributed by atoms with Crippen molar-refractivity contribution >= 4 is 0 Å². The normalized spacial score (nSPS) is 31.1. The summed E-state index contributed by atoms with van der Waals surface area (Å²) in [5.41, 5.74) is 5.50. The van der Waals surface area contributed by atoms with E-state index in [1.165, 1.54) is 0 Å². The zero-order valence-electron chi connectivity index (χ0n) is 12.4. The zero-order valence-corrected chi connectivity index (χ0v) is 12.4. The molecule has 0 radical (unpaired) electrons. The SMILES string of the molecule is CCC(C)(OC)c1nc(C2(N)CCC(C)CC2)no1. The maximum atomic E-state index is 6.46. The van der Waals surface area contributed by atoms with Gasteiger partial charge in [0.2, 0.25) is 0 Å². The van der Waals surface area contributed by atoms with Crippen molar-refractivity contribution < 1.29 is 9.26 Å². The van der Waals surface area contributed by atoms with Gasteiger partial charge in [-0.2, -0.15) is 4.98 Å². The van der Waals surface area contributed by atoms with Gasteiger partial charge in [-0.1, -0.05) is 19.0 Å². The fourth-order valence-corrected chi connectivity index (χ4v) is 2.52. The van der Waals surface area contributed by atoms with Crippen molar-refractivity contribution in [2.45, 2.75) is 64.0 Å².